The van der Waals surface area contributed by atoms with Gasteiger partial charge < -0.3 is 4.57 Å². The van der Waals surface area contributed by atoms with Gasteiger partial charge in [0.1, 0.15) is 0 Å². The van der Waals surface area contributed by atoms with Gasteiger partial charge in [0.2, 0.25) is 10.0 Å². The first-order chi connectivity index (χ1) is 11.5. The first kappa shape index (κ1) is 16.8. The van der Waals surface area contributed by atoms with E-state index in [1.165, 1.54) is 12.1 Å². The maximum atomic E-state index is 12.5. The SMILES string of the molecule is C[C@@H](NS(=O)(=O)c1ccc(Cl)cc1)c1cccc(-n2cccc2)c1. The molecule has 0 fully saturated rings. The standard InChI is InChI=1S/C18H17ClN2O2S/c1-14(20-24(22,23)18-9-7-16(19)8-10-18)15-5-4-6-17(13-15)21-11-2-3-12-21/h2-14,20H,1H3/t14-/m1/s1. The van der Waals surface area contributed by atoms with E-state index in [1.807, 2.05) is 60.3 Å². The van der Waals surface area contributed by atoms with Crippen LogP contribution in [0.1, 0.15) is 18.5 Å². The maximum Gasteiger partial charge on any atom is 0.241 e. The van der Waals surface area contributed by atoms with Crippen LogP contribution in [0.2, 0.25) is 5.02 Å². The van der Waals surface area contributed by atoms with Gasteiger partial charge in [-0.15, -0.1) is 0 Å². The molecule has 2 aromatic carbocycles. The molecule has 0 aliphatic rings. The number of hydrogen-bond acceptors (Lipinski definition) is 2. The summed E-state index contributed by atoms with van der Waals surface area (Å²) in [5.74, 6) is 0. The topological polar surface area (TPSA) is 51.1 Å². The Morgan fingerprint density at radius 1 is 1.00 bits per heavy atom. The summed E-state index contributed by atoms with van der Waals surface area (Å²) in [6.07, 6.45) is 3.89. The van der Waals surface area contributed by atoms with E-state index in [0.717, 1.165) is 11.3 Å². The lowest BCUT2D eigenvalue weighted by Gasteiger charge is -2.16. The van der Waals surface area contributed by atoms with Crippen molar-refractivity contribution in [2.24, 2.45) is 0 Å². The molecule has 1 N–H and O–H groups in total. The lowest BCUT2D eigenvalue weighted by atomic mass is 10.1. The van der Waals surface area contributed by atoms with E-state index in [4.69, 9.17) is 11.6 Å². The van der Waals surface area contributed by atoms with Crippen LogP contribution in [0, 0.1) is 0 Å². The Hall–Kier alpha value is -2.08. The summed E-state index contributed by atoms with van der Waals surface area (Å²) >= 11 is 5.81. The molecular formula is C18H17ClN2O2S. The molecule has 0 bridgehead atoms. The van der Waals surface area contributed by atoms with E-state index in [2.05, 4.69) is 4.72 Å². The molecule has 0 saturated heterocycles. The highest BCUT2D eigenvalue weighted by Gasteiger charge is 2.18. The van der Waals surface area contributed by atoms with Gasteiger partial charge in [0, 0.05) is 29.1 Å². The van der Waals surface area contributed by atoms with Crippen molar-refractivity contribution in [2.45, 2.75) is 17.9 Å². The molecule has 0 radical (unpaired) electrons. The Bertz CT molecular complexity index is 920. The first-order valence-electron chi connectivity index (χ1n) is 7.47. The fourth-order valence-corrected chi connectivity index (χ4v) is 3.80. The van der Waals surface area contributed by atoms with E-state index >= 15 is 0 Å². The van der Waals surface area contributed by atoms with Gasteiger partial charge in [-0.2, -0.15) is 0 Å². The van der Waals surface area contributed by atoms with E-state index in [9.17, 15) is 8.42 Å². The Kier molecular flexibility index (Phi) is 4.76. The average Bonchev–Trinajstić information content (AvgIpc) is 3.09. The van der Waals surface area contributed by atoms with Crippen molar-refractivity contribution in [1.29, 1.82) is 0 Å². The minimum Gasteiger partial charge on any atom is -0.324 e. The zero-order valence-corrected chi connectivity index (χ0v) is 14.6. The third-order valence-corrected chi connectivity index (χ3v) is 5.54. The summed E-state index contributed by atoms with van der Waals surface area (Å²) in [6, 6.07) is 17.4. The van der Waals surface area contributed by atoms with Gasteiger partial charge in [0.15, 0.2) is 0 Å². The second-order valence-corrected chi connectivity index (χ2v) is 7.63. The van der Waals surface area contributed by atoms with Crippen LogP contribution < -0.4 is 4.72 Å². The number of sulfonamides is 1. The van der Waals surface area contributed by atoms with Crippen molar-refractivity contribution in [1.82, 2.24) is 9.29 Å². The lowest BCUT2D eigenvalue weighted by molar-refractivity contribution is 0.567. The number of halogens is 1. The second-order valence-electron chi connectivity index (χ2n) is 5.48. The van der Waals surface area contributed by atoms with Crippen molar-refractivity contribution in [3.05, 3.63) is 83.6 Å². The van der Waals surface area contributed by atoms with Crippen molar-refractivity contribution in [3.63, 3.8) is 0 Å². The highest BCUT2D eigenvalue weighted by Crippen LogP contribution is 2.20. The van der Waals surface area contributed by atoms with Crippen molar-refractivity contribution < 1.29 is 8.42 Å². The van der Waals surface area contributed by atoms with E-state index < -0.39 is 10.0 Å². The number of benzene rings is 2. The van der Waals surface area contributed by atoms with E-state index in [1.54, 1.807) is 12.1 Å². The zero-order valence-electron chi connectivity index (χ0n) is 13.1. The predicted octanol–water partition coefficient (Wildman–Crippen LogP) is 4.17. The van der Waals surface area contributed by atoms with Crippen LogP contribution in [0.15, 0.2) is 78.0 Å². The Labute approximate surface area is 146 Å². The third-order valence-electron chi connectivity index (χ3n) is 3.73. The molecule has 124 valence electrons. The highest BCUT2D eigenvalue weighted by molar-refractivity contribution is 7.89. The summed E-state index contributed by atoms with van der Waals surface area (Å²) in [5.41, 5.74) is 1.87. The lowest BCUT2D eigenvalue weighted by Crippen LogP contribution is -2.26. The van der Waals surface area contributed by atoms with Crippen LogP contribution >= 0.6 is 11.6 Å². The number of hydrogen-bond donors (Lipinski definition) is 1. The molecule has 1 aromatic heterocycles. The van der Waals surface area contributed by atoms with Crippen LogP contribution in [-0.2, 0) is 10.0 Å². The molecule has 0 saturated carbocycles. The number of rotatable bonds is 5. The largest absolute Gasteiger partial charge is 0.324 e. The number of nitrogens with one attached hydrogen (secondary N) is 1. The Morgan fingerprint density at radius 3 is 2.33 bits per heavy atom. The number of aromatic nitrogens is 1. The second kappa shape index (κ2) is 6.81. The molecule has 4 nitrogen and oxygen atoms in total. The van der Waals surface area contributed by atoms with Crippen LogP contribution in [0.25, 0.3) is 5.69 Å². The summed E-state index contributed by atoms with van der Waals surface area (Å²) in [6.45, 7) is 1.82. The van der Waals surface area contributed by atoms with Gasteiger partial charge >= 0.3 is 0 Å². The quantitative estimate of drug-likeness (QED) is 0.742. The third kappa shape index (κ3) is 3.70. The Morgan fingerprint density at radius 2 is 1.67 bits per heavy atom. The zero-order chi connectivity index (χ0) is 17.2. The van der Waals surface area contributed by atoms with Crippen molar-refractivity contribution in [2.75, 3.05) is 0 Å². The van der Waals surface area contributed by atoms with Gasteiger partial charge in [0.25, 0.3) is 0 Å². The maximum absolute atomic E-state index is 12.5. The molecule has 1 heterocycles. The molecule has 3 rings (SSSR count). The molecule has 0 amide bonds. The van der Waals surface area contributed by atoms with E-state index in [0.29, 0.717) is 5.02 Å². The monoisotopic (exact) mass is 360 g/mol. The minimum absolute atomic E-state index is 0.195. The van der Waals surface area contributed by atoms with Crippen LogP contribution in [0.4, 0.5) is 0 Å². The molecule has 0 unspecified atom stereocenters. The minimum atomic E-state index is -3.61. The molecule has 0 aliphatic heterocycles. The van der Waals surface area contributed by atoms with Crippen LogP contribution in [0.3, 0.4) is 0 Å². The van der Waals surface area contributed by atoms with Crippen molar-refractivity contribution in [3.8, 4) is 5.69 Å². The molecule has 0 spiro atoms. The van der Waals surface area contributed by atoms with E-state index in [-0.39, 0.29) is 10.9 Å². The van der Waals surface area contributed by atoms with Crippen molar-refractivity contribution >= 4 is 21.6 Å². The first-order valence-corrected chi connectivity index (χ1v) is 9.33. The van der Waals surface area contributed by atoms with Gasteiger partial charge in [-0.1, -0.05) is 23.7 Å². The van der Waals surface area contributed by atoms with Gasteiger partial charge in [-0.3, -0.25) is 0 Å². The normalized spacial score (nSPS) is 12.9. The summed E-state index contributed by atoms with van der Waals surface area (Å²) in [5, 5.41) is 0.501. The molecule has 1 atom stereocenters. The summed E-state index contributed by atoms with van der Waals surface area (Å²) in [7, 11) is -3.61. The van der Waals surface area contributed by atoms with Gasteiger partial charge in [0.05, 0.1) is 4.90 Å². The highest BCUT2D eigenvalue weighted by atomic mass is 35.5. The predicted molar refractivity (Wildman–Crippen MR) is 96.0 cm³/mol. The fourth-order valence-electron chi connectivity index (χ4n) is 2.44. The molecule has 6 heteroatoms. The van der Waals surface area contributed by atoms with Crippen LogP contribution in [0.5, 0.6) is 0 Å². The fraction of sp³-hybridized carbons (Fsp3) is 0.111. The summed E-state index contributed by atoms with van der Waals surface area (Å²) in [4.78, 5) is 0.195. The molecule has 3 aromatic rings. The summed E-state index contributed by atoms with van der Waals surface area (Å²) < 4.78 is 29.6. The average molecular weight is 361 g/mol. The van der Waals surface area contributed by atoms with Gasteiger partial charge in [-0.25, -0.2) is 13.1 Å². The smallest absolute Gasteiger partial charge is 0.241 e. The molecular weight excluding hydrogens is 344 g/mol. The Balaban J connectivity index is 1.83. The molecule has 0 aliphatic carbocycles. The van der Waals surface area contributed by atoms with Crippen LogP contribution in [-0.4, -0.2) is 13.0 Å². The number of nitrogens with zero attached hydrogens (tertiary/aromatic N) is 1. The molecule has 24 heavy (non-hydrogen) atoms. The van der Waals surface area contributed by atoms with Gasteiger partial charge in [-0.05, 0) is 61.0 Å².